The highest BCUT2D eigenvalue weighted by Crippen LogP contribution is 2.25. The number of nitrogens with one attached hydrogen (secondary N) is 1. The molecule has 4 rings (SSSR count). The normalized spacial score (nSPS) is 17.4. The van der Waals surface area contributed by atoms with Crippen molar-refractivity contribution in [1.82, 2.24) is 14.9 Å². The molecule has 1 aromatic heterocycles. The minimum Gasteiger partial charge on any atom is -0.368 e. The Morgan fingerprint density at radius 2 is 1.96 bits per heavy atom. The Labute approximate surface area is 168 Å². The molecule has 0 bridgehead atoms. The lowest BCUT2D eigenvalue weighted by Crippen LogP contribution is -2.38. The van der Waals surface area contributed by atoms with Crippen molar-refractivity contribution in [1.29, 1.82) is 0 Å². The number of halogens is 2. The van der Waals surface area contributed by atoms with E-state index >= 15 is 0 Å². The van der Waals surface area contributed by atoms with Gasteiger partial charge in [0.1, 0.15) is 22.9 Å². The average Bonchev–Trinajstić information content (AvgIpc) is 2.69. The van der Waals surface area contributed by atoms with Crippen molar-refractivity contribution in [2.45, 2.75) is 12.6 Å². The number of aromatic nitrogens is 2. The second-order valence-corrected chi connectivity index (χ2v) is 7.04. The highest BCUT2D eigenvalue weighted by molar-refractivity contribution is 6.29. The molecule has 0 aliphatic carbocycles. The van der Waals surface area contributed by atoms with E-state index in [1.54, 1.807) is 18.2 Å². The van der Waals surface area contributed by atoms with E-state index < -0.39 is 0 Å². The van der Waals surface area contributed by atoms with E-state index in [4.69, 9.17) is 16.3 Å². The molecule has 7 heteroatoms. The van der Waals surface area contributed by atoms with Crippen LogP contribution in [0.4, 0.5) is 15.9 Å². The summed E-state index contributed by atoms with van der Waals surface area (Å²) in [6, 6.07) is 18.1. The Kier molecular flexibility index (Phi) is 5.81. The predicted octanol–water partition coefficient (Wildman–Crippen LogP) is 4.59. The van der Waals surface area contributed by atoms with E-state index in [-0.39, 0.29) is 11.9 Å². The summed E-state index contributed by atoms with van der Waals surface area (Å²) in [6.07, 6.45) is -0.274. The number of morpholine rings is 1. The van der Waals surface area contributed by atoms with Crippen LogP contribution in [0.2, 0.25) is 5.15 Å². The van der Waals surface area contributed by atoms with Gasteiger partial charge in [0.2, 0.25) is 0 Å². The topological polar surface area (TPSA) is 50.3 Å². The SMILES string of the molecule is Fc1cccc(Nc2cc(Cl)nc(C3CN(Cc4ccccc4)CCO3)n2)c1. The van der Waals surface area contributed by atoms with Gasteiger partial charge in [-0.2, -0.15) is 0 Å². The number of rotatable bonds is 5. The molecule has 28 heavy (non-hydrogen) atoms. The van der Waals surface area contributed by atoms with Gasteiger partial charge in [0.15, 0.2) is 5.82 Å². The summed E-state index contributed by atoms with van der Waals surface area (Å²) in [4.78, 5) is 11.2. The Morgan fingerprint density at radius 1 is 1.11 bits per heavy atom. The summed E-state index contributed by atoms with van der Waals surface area (Å²) >= 11 is 6.20. The second-order valence-electron chi connectivity index (χ2n) is 6.65. The first-order valence-corrected chi connectivity index (χ1v) is 9.48. The van der Waals surface area contributed by atoms with Crippen LogP contribution in [-0.2, 0) is 11.3 Å². The van der Waals surface area contributed by atoms with E-state index in [1.807, 2.05) is 18.2 Å². The van der Waals surface area contributed by atoms with Gasteiger partial charge < -0.3 is 10.1 Å². The van der Waals surface area contributed by atoms with E-state index in [9.17, 15) is 4.39 Å². The van der Waals surface area contributed by atoms with Crippen LogP contribution in [-0.4, -0.2) is 34.6 Å². The molecule has 3 aromatic rings. The van der Waals surface area contributed by atoms with Crippen LogP contribution in [0, 0.1) is 5.82 Å². The van der Waals surface area contributed by atoms with Gasteiger partial charge in [-0.1, -0.05) is 48.0 Å². The fourth-order valence-electron chi connectivity index (χ4n) is 3.20. The fraction of sp³-hybridized carbons (Fsp3) is 0.238. The summed E-state index contributed by atoms with van der Waals surface area (Å²) in [6.45, 7) is 2.96. The zero-order valence-electron chi connectivity index (χ0n) is 15.2. The quantitative estimate of drug-likeness (QED) is 0.637. The van der Waals surface area contributed by atoms with Crippen molar-refractivity contribution in [3.63, 3.8) is 0 Å². The molecule has 1 aliphatic heterocycles. The van der Waals surface area contributed by atoms with Crippen molar-refractivity contribution < 1.29 is 9.13 Å². The van der Waals surface area contributed by atoms with Crippen LogP contribution in [0.5, 0.6) is 0 Å². The third-order valence-electron chi connectivity index (χ3n) is 4.50. The van der Waals surface area contributed by atoms with E-state index in [0.717, 1.165) is 13.1 Å². The lowest BCUT2D eigenvalue weighted by molar-refractivity contribution is -0.0371. The summed E-state index contributed by atoms with van der Waals surface area (Å²) in [5.41, 5.74) is 1.85. The van der Waals surface area contributed by atoms with Crippen LogP contribution in [0.25, 0.3) is 0 Å². The Bertz CT molecular complexity index is 941. The highest BCUT2D eigenvalue weighted by atomic mass is 35.5. The van der Waals surface area contributed by atoms with Crippen molar-refractivity contribution >= 4 is 23.1 Å². The van der Waals surface area contributed by atoms with Crippen molar-refractivity contribution in [3.05, 3.63) is 83.0 Å². The molecule has 1 aliphatic rings. The molecule has 2 heterocycles. The Hall–Kier alpha value is -2.54. The minimum absolute atomic E-state index is 0.274. The van der Waals surface area contributed by atoms with Gasteiger partial charge in [0.05, 0.1) is 6.61 Å². The summed E-state index contributed by atoms with van der Waals surface area (Å²) in [5, 5.41) is 3.38. The monoisotopic (exact) mass is 398 g/mol. The van der Waals surface area contributed by atoms with E-state index in [0.29, 0.717) is 35.6 Å². The van der Waals surface area contributed by atoms with Crippen LogP contribution < -0.4 is 5.32 Å². The molecule has 144 valence electrons. The smallest absolute Gasteiger partial charge is 0.162 e. The maximum atomic E-state index is 13.4. The van der Waals surface area contributed by atoms with Crippen LogP contribution in [0.3, 0.4) is 0 Å². The zero-order valence-corrected chi connectivity index (χ0v) is 15.9. The Morgan fingerprint density at radius 3 is 2.79 bits per heavy atom. The molecule has 0 saturated carbocycles. The van der Waals surface area contributed by atoms with Gasteiger partial charge in [0, 0.05) is 31.4 Å². The first kappa shape index (κ1) is 18.8. The lowest BCUT2D eigenvalue weighted by atomic mass is 10.2. The number of benzene rings is 2. The van der Waals surface area contributed by atoms with E-state index in [2.05, 4.69) is 32.3 Å². The summed E-state index contributed by atoms with van der Waals surface area (Å²) in [7, 11) is 0. The molecule has 0 amide bonds. The largest absolute Gasteiger partial charge is 0.368 e. The maximum absolute atomic E-state index is 13.4. The van der Waals surface area contributed by atoms with Crippen LogP contribution >= 0.6 is 11.6 Å². The maximum Gasteiger partial charge on any atom is 0.162 e. The molecular weight excluding hydrogens is 379 g/mol. The first-order chi connectivity index (χ1) is 13.7. The molecule has 1 atom stereocenters. The first-order valence-electron chi connectivity index (χ1n) is 9.11. The fourth-order valence-corrected chi connectivity index (χ4v) is 3.39. The van der Waals surface area contributed by atoms with Crippen molar-refractivity contribution in [2.24, 2.45) is 0 Å². The third-order valence-corrected chi connectivity index (χ3v) is 4.69. The molecular formula is C21H20ClFN4O. The standard InChI is InChI=1S/C21H20ClFN4O/c22-19-12-20(24-17-8-4-7-16(23)11-17)26-21(25-19)18-14-27(9-10-28-18)13-15-5-2-1-3-6-15/h1-8,11-12,18H,9-10,13-14H2,(H,24,25,26). The van der Waals surface area contributed by atoms with Crippen molar-refractivity contribution in [3.8, 4) is 0 Å². The van der Waals surface area contributed by atoms with Crippen molar-refractivity contribution in [2.75, 3.05) is 25.0 Å². The van der Waals surface area contributed by atoms with E-state index in [1.165, 1.54) is 17.7 Å². The second kappa shape index (κ2) is 8.65. The molecule has 5 nitrogen and oxygen atoms in total. The minimum atomic E-state index is -0.322. The highest BCUT2D eigenvalue weighted by Gasteiger charge is 2.25. The molecule has 1 unspecified atom stereocenters. The molecule has 0 radical (unpaired) electrons. The number of hydrogen-bond donors (Lipinski definition) is 1. The average molecular weight is 399 g/mol. The third kappa shape index (κ3) is 4.84. The van der Waals surface area contributed by atoms with Gasteiger partial charge in [-0.05, 0) is 23.8 Å². The molecule has 1 saturated heterocycles. The molecule has 1 N–H and O–H groups in total. The lowest BCUT2D eigenvalue weighted by Gasteiger charge is -2.32. The number of hydrogen-bond acceptors (Lipinski definition) is 5. The zero-order chi connectivity index (χ0) is 19.3. The van der Waals surface area contributed by atoms with Gasteiger partial charge in [0.25, 0.3) is 0 Å². The number of anilines is 2. The molecule has 0 spiro atoms. The molecule has 2 aromatic carbocycles. The molecule has 1 fully saturated rings. The van der Waals surface area contributed by atoms with Crippen LogP contribution in [0.15, 0.2) is 60.7 Å². The summed E-state index contributed by atoms with van der Waals surface area (Å²) < 4.78 is 19.3. The number of nitrogens with zero attached hydrogens (tertiary/aromatic N) is 3. The van der Waals surface area contributed by atoms with Gasteiger partial charge in [-0.25, -0.2) is 14.4 Å². The van der Waals surface area contributed by atoms with Gasteiger partial charge in [-0.15, -0.1) is 0 Å². The van der Waals surface area contributed by atoms with Gasteiger partial charge >= 0.3 is 0 Å². The van der Waals surface area contributed by atoms with Crippen LogP contribution in [0.1, 0.15) is 17.5 Å². The summed E-state index contributed by atoms with van der Waals surface area (Å²) in [5.74, 6) is 0.700. The van der Waals surface area contributed by atoms with Gasteiger partial charge in [-0.3, -0.25) is 4.90 Å². The predicted molar refractivity (Wildman–Crippen MR) is 107 cm³/mol. The Balaban J connectivity index is 1.49. The number of ether oxygens (including phenoxy) is 1.